The number of benzene rings is 1. The number of carboxylic acid groups (broad SMARTS) is 1. The minimum Gasteiger partial charge on any atom is -0.481 e. The summed E-state index contributed by atoms with van der Waals surface area (Å²) >= 11 is 6.17. The van der Waals surface area contributed by atoms with Gasteiger partial charge in [0.2, 0.25) is 6.79 Å². The van der Waals surface area contributed by atoms with Crippen LogP contribution in [0.2, 0.25) is 5.02 Å². The minimum absolute atomic E-state index is 0.00727. The predicted octanol–water partition coefficient (Wildman–Crippen LogP) is 2.63. The fraction of sp³-hybridized carbons (Fsp3) is 0.385. The molecule has 1 aliphatic heterocycles. The van der Waals surface area contributed by atoms with Gasteiger partial charge in [-0.3, -0.25) is 9.59 Å². The number of carbonyl (C=O) groups excluding carboxylic acids is 1. The summed E-state index contributed by atoms with van der Waals surface area (Å²) in [7, 11) is 0. The van der Waals surface area contributed by atoms with Gasteiger partial charge < -0.3 is 14.6 Å². The Kier molecular flexibility index (Phi) is 3.41. The van der Waals surface area contributed by atoms with Crippen LogP contribution < -0.4 is 9.47 Å². The maximum atomic E-state index is 11.0. The van der Waals surface area contributed by atoms with Gasteiger partial charge in [0, 0.05) is 16.0 Å². The second kappa shape index (κ2) is 4.74. The molecule has 1 aliphatic rings. The van der Waals surface area contributed by atoms with Gasteiger partial charge in [-0.2, -0.15) is 0 Å². The molecular weight excluding hydrogens is 272 g/mol. The van der Waals surface area contributed by atoms with Crippen molar-refractivity contribution in [2.24, 2.45) is 0 Å². The lowest BCUT2D eigenvalue weighted by molar-refractivity contribution is -0.138. The van der Waals surface area contributed by atoms with Crippen LogP contribution in [-0.2, 0) is 10.2 Å². The molecule has 0 spiro atoms. The molecule has 0 aliphatic carbocycles. The summed E-state index contributed by atoms with van der Waals surface area (Å²) in [5.74, 6) is -0.248. The number of aldehydes is 1. The Bertz CT molecular complexity index is 550. The number of halogens is 1. The number of hydrogen-bond acceptors (Lipinski definition) is 4. The van der Waals surface area contributed by atoms with E-state index < -0.39 is 11.4 Å². The zero-order valence-corrected chi connectivity index (χ0v) is 11.3. The van der Waals surface area contributed by atoms with Crippen LogP contribution in [0, 0.1) is 0 Å². The molecular formula is C13H13ClO5. The van der Waals surface area contributed by atoms with Crippen molar-refractivity contribution in [2.75, 3.05) is 6.79 Å². The third-order valence-electron chi connectivity index (χ3n) is 3.02. The normalized spacial score (nSPS) is 13.4. The van der Waals surface area contributed by atoms with Crippen molar-refractivity contribution in [2.45, 2.75) is 25.7 Å². The molecule has 0 radical (unpaired) electrons. The van der Waals surface area contributed by atoms with Crippen LogP contribution in [0.3, 0.4) is 0 Å². The van der Waals surface area contributed by atoms with Gasteiger partial charge in [0.1, 0.15) is 0 Å². The predicted molar refractivity (Wildman–Crippen MR) is 68.2 cm³/mol. The lowest BCUT2D eigenvalue weighted by Crippen LogP contribution is -2.23. The van der Waals surface area contributed by atoms with Crippen LogP contribution in [-0.4, -0.2) is 24.2 Å². The van der Waals surface area contributed by atoms with E-state index in [0.717, 1.165) is 0 Å². The van der Waals surface area contributed by atoms with Crippen molar-refractivity contribution in [1.82, 2.24) is 0 Å². The van der Waals surface area contributed by atoms with Crippen LogP contribution in [0.5, 0.6) is 11.5 Å². The van der Waals surface area contributed by atoms with E-state index in [0.29, 0.717) is 33.9 Å². The minimum atomic E-state index is -0.937. The number of carbonyl (C=O) groups is 2. The van der Waals surface area contributed by atoms with Crippen molar-refractivity contribution in [3.63, 3.8) is 0 Å². The first-order valence-corrected chi connectivity index (χ1v) is 6.04. The smallest absolute Gasteiger partial charge is 0.304 e. The highest BCUT2D eigenvalue weighted by atomic mass is 35.5. The van der Waals surface area contributed by atoms with E-state index in [-0.39, 0.29) is 13.2 Å². The van der Waals surface area contributed by atoms with Gasteiger partial charge in [0.15, 0.2) is 17.8 Å². The molecule has 0 saturated heterocycles. The summed E-state index contributed by atoms with van der Waals surface area (Å²) in [6.07, 6.45) is 0.524. The lowest BCUT2D eigenvalue weighted by atomic mass is 9.80. The van der Waals surface area contributed by atoms with Crippen molar-refractivity contribution >= 4 is 23.9 Å². The molecule has 1 aromatic rings. The molecule has 1 heterocycles. The molecule has 0 amide bonds. The second-order valence-electron chi connectivity index (χ2n) is 4.96. The Balaban J connectivity index is 2.61. The first-order valence-electron chi connectivity index (χ1n) is 5.66. The molecule has 0 unspecified atom stereocenters. The van der Waals surface area contributed by atoms with Crippen LogP contribution >= 0.6 is 11.6 Å². The fourth-order valence-electron chi connectivity index (χ4n) is 2.25. The molecule has 0 aromatic heterocycles. The van der Waals surface area contributed by atoms with Crippen molar-refractivity contribution in [3.8, 4) is 11.5 Å². The van der Waals surface area contributed by atoms with Gasteiger partial charge in [0.25, 0.3) is 0 Å². The molecule has 6 heteroatoms. The van der Waals surface area contributed by atoms with Gasteiger partial charge in [0.05, 0.1) is 12.0 Å². The molecule has 0 saturated carbocycles. The summed E-state index contributed by atoms with van der Waals surface area (Å²) in [4.78, 5) is 21.9. The van der Waals surface area contributed by atoms with E-state index in [1.165, 1.54) is 6.07 Å². The number of rotatable bonds is 4. The number of hydrogen-bond donors (Lipinski definition) is 1. The summed E-state index contributed by atoms with van der Waals surface area (Å²) in [5, 5.41) is 9.28. The first-order chi connectivity index (χ1) is 8.86. The van der Waals surface area contributed by atoms with Gasteiger partial charge in [-0.25, -0.2) is 0 Å². The second-order valence-corrected chi connectivity index (χ2v) is 5.37. The summed E-state index contributed by atoms with van der Waals surface area (Å²) in [5.41, 5.74) is 0.115. The Morgan fingerprint density at radius 3 is 2.68 bits per heavy atom. The van der Waals surface area contributed by atoms with Gasteiger partial charge in [-0.15, -0.1) is 0 Å². The molecule has 0 fully saturated rings. The largest absolute Gasteiger partial charge is 0.481 e. The SMILES string of the molecule is CC(C)(CC(=O)O)c1c(Cl)cc(C=O)c2c1OCO2. The standard InChI is InChI=1S/C13H13ClO5/c1-13(2,4-9(16)17)10-8(14)3-7(5-15)11-12(10)19-6-18-11/h3,5H,4,6H2,1-2H3,(H,16,17). The average molecular weight is 285 g/mol. The maximum absolute atomic E-state index is 11.0. The molecule has 1 aromatic carbocycles. The molecule has 1 N–H and O–H groups in total. The Labute approximate surface area is 115 Å². The molecule has 2 rings (SSSR count). The molecule has 5 nitrogen and oxygen atoms in total. The Hall–Kier alpha value is -1.75. The van der Waals surface area contributed by atoms with Crippen molar-refractivity contribution in [1.29, 1.82) is 0 Å². The first kappa shape index (κ1) is 13.7. The highest BCUT2D eigenvalue weighted by Gasteiger charge is 2.35. The maximum Gasteiger partial charge on any atom is 0.304 e. The van der Waals surface area contributed by atoms with E-state index >= 15 is 0 Å². The monoisotopic (exact) mass is 284 g/mol. The average Bonchev–Trinajstić information content (AvgIpc) is 2.73. The van der Waals surface area contributed by atoms with Gasteiger partial charge >= 0.3 is 5.97 Å². The number of carboxylic acids is 1. The molecule has 0 atom stereocenters. The molecule has 0 bridgehead atoms. The topological polar surface area (TPSA) is 72.8 Å². The van der Waals surface area contributed by atoms with Crippen LogP contribution in [0.1, 0.15) is 36.2 Å². The third-order valence-corrected chi connectivity index (χ3v) is 3.32. The number of aliphatic carboxylic acids is 1. The van der Waals surface area contributed by atoms with E-state index in [4.69, 9.17) is 26.2 Å². The fourth-order valence-corrected chi connectivity index (χ4v) is 2.71. The molecule has 19 heavy (non-hydrogen) atoms. The zero-order valence-electron chi connectivity index (χ0n) is 10.5. The van der Waals surface area contributed by atoms with Crippen LogP contribution in [0.25, 0.3) is 0 Å². The quantitative estimate of drug-likeness (QED) is 0.861. The Morgan fingerprint density at radius 1 is 1.47 bits per heavy atom. The Morgan fingerprint density at radius 2 is 2.11 bits per heavy atom. The van der Waals surface area contributed by atoms with E-state index in [1.807, 2.05) is 0 Å². The summed E-state index contributed by atoms with van der Waals surface area (Å²) in [6.45, 7) is 3.50. The van der Waals surface area contributed by atoms with Gasteiger partial charge in [-0.05, 0) is 6.07 Å². The highest BCUT2D eigenvalue weighted by Crippen LogP contribution is 2.48. The van der Waals surface area contributed by atoms with E-state index in [1.54, 1.807) is 13.8 Å². The van der Waals surface area contributed by atoms with Crippen LogP contribution in [0.4, 0.5) is 0 Å². The highest BCUT2D eigenvalue weighted by molar-refractivity contribution is 6.32. The van der Waals surface area contributed by atoms with Crippen LogP contribution in [0.15, 0.2) is 6.07 Å². The third kappa shape index (κ3) is 2.38. The lowest BCUT2D eigenvalue weighted by Gasteiger charge is -2.26. The summed E-state index contributed by atoms with van der Waals surface area (Å²) < 4.78 is 10.6. The zero-order chi connectivity index (χ0) is 14.2. The van der Waals surface area contributed by atoms with E-state index in [2.05, 4.69) is 0 Å². The molecule has 102 valence electrons. The van der Waals surface area contributed by atoms with Gasteiger partial charge in [-0.1, -0.05) is 25.4 Å². The van der Waals surface area contributed by atoms with Crippen molar-refractivity contribution in [3.05, 3.63) is 22.2 Å². The number of fused-ring (bicyclic) bond motifs is 1. The number of ether oxygens (including phenoxy) is 2. The van der Waals surface area contributed by atoms with E-state index in [9.17, 15) is 9.59 Å². The van der Waals surface area contributed by atoms with Crippen molar-refractivity contribution < 1.29 is 24.2 Å². The summed E-state index contributed by atoms with van der Waals surface area (Å²) in [6, 6.07) is 1.47.